The minimum Gasteiger partial charge on any atom is -0.351 e. The molecule has 3 aromatic rings. The lowest BCUT2D eigenvalue weighted by atomic mass is 9.91. The van der Waals surface area contributed by atoms with E-state index in [1.807, 2.05) is 24.4 Å². The Kier molecular flexibility index (Phi) is 5.78. The molecule has 1 aliphatic carbocycles. The number of rotatable bonds is 5. The fourth-order valence-electron chi connectivity index (χ4n) is 4.79. The Morgan fingerprint density at radius 3 is 2.67 bits per heavy atom. The van der Waals surface area contributed by atoms with E-state index in [2.05, 4.69) is 10.4 Å². The summed E-state index contributed by atoms with van der Waals surface area (Å²) in [6.45, 7) is 2.29. The van der Waals surface area contributed by atoms with Crippen molar-refractivity contribution in [2.75, 3.05) is 0 Å². The largest absolute Gasteiger partial charge is 0.351 e. The molecule has 0 spiro atoms. The van der Waals surface area contributed by atoms with Crippen molar-refractivity contribution in [2.45, 2.75) is 63.7 Å². The van der Waals surface area contributed by atoms with Gasteiger partial charge in [0.1, 0.15) is 22.7 Å². The highest BCUT2D eigenvalue weighted by molar-refractivity contribution is 7.13. The molecule has 3 heterocycles. The summed E-state index contributed by atoms with van der Waals surface area (Å²) in [4.78, 5) is 29.9. The minimum atomic E-state index is -1.12. The Morgan fingerprint density at radius 1 is 1.21 bits per heavy atom. The second-order valence-corrected chi connectivity index (χ2v) is 10.1. The van der Waals surface area contributed by atoms with Crippen LogP contribution in [0.1, 0.15) is 55.1 Å². The lowest BCUT2D eigenvalue weighted by Crippen LogP contribution is -2.64. The van der Waals surface area contributed by atoms with Crippen molar-refractivity contribution in [3.8, 4) is 10.6 Å². The van der Waals surface area contributed by atoms with Gasteiger partial charge < -0.3 is 10.2 Å². The van der Waals surface area contributed by atoms with Crippen LogP contribution in [0.5, 0.6) is 0 Å². The number of halogens is 1. The Hall–Kier alpha value is -3.00. The molecule has 1 fully saturated rings. The van der Waals surface area contributed by atoms with E-state index in [-0.39, 0.29) is 36.8 Å². The van der Waals surface area contributed by atoms with E-state index in [1.54, 1.807) is 39.1 Å². The van der Waals surface area contributed by atoms with Crippen LogP contribution < -0.4 is 5.32 Å². The van der Waals surface area contributed by atoms with Crippen LogP contribution in [0.3, 0.4) is 0 Å². The van der Waals surface area contributed by atoms with Gasteiger partial charge in [-0.15, -0.1) is 11.3 Å². The van der Waals surface area contributed by atoms with Crippen molar-refractivity contribution >= 4 is 23.2 Å². The van der Waals surface area contributed by atoms with E-state index in [9.17, 15) is 14.0 Å². The number of hydrogen-bond acceptors (Lipinski definition) is 4. The molecule has 172 valence electrons. The third-order valence-corrected chi connectivity index (χ3v) is 7.65. The first kappa shape index (κ1) is 21.8. The molecule has 1 saturated carbocycles. The van der Waals surface area contributed by atoms with Crippen LogP contribution in [0.15, 0.2) is 47.8 Å². The van der Waals surface area contributed by atoms with Gasteiger partial charge in [-0.05, 0) is 55.0 Å². The normalized spacial score (nSPS) is 21.2. The van der Waals surface area contributed by atoms with Crippen LogP contribution in [0.2, 0.25) is 0 Å². The smallest absolute Gasteiger partial charge is 0.273 e. The van der Waals surface area contributed by atoms with Crippen molar-refractivity contribution in [1.29, 1.82) is 0 Å². The maximum atomic E-state index is 13.7. The van der Waals surface area contributed by atoms with Crippen LogP contribution in [0.4, 0.5) is 4.39 Å². The first-order valence-electron chi connectivity index (χ1n) is 11.4. The predicted molar refractivity (Wildman–Crippen MR) is 125 cm³/mol. The summed E-state index contributed by atoms with van der Waals surface area (Å²) in [6, 6.07) is 11.9. The fraction of sp³-hybridized carbons (Fsp3) is 0.400. The third kappa shape index (κ3) is 4.19. The molecule has 2 aliphatic rings. The van der Waals surface area contributed by atoms with E-state index in [0.717, 1.165) is 41.8 Å². The minimum absolute atomic E-state index is 0.131. The van der Waals surface area contributed by atoms with Gasteiger partial charge in [0.25, 0.3) is 5.91 Å². The zero-order valence-electron chi connectivity index (χ0n) is 18.6. The number of thiophene rings is 1. The Balaban J connectivity index is 1.50. The summed E-state index contributed by atoms with van der Waals surface area (Å²) in [5, 5.41) is 9.85. The molecule has 0 radical (unpaired) electrons. The zero-order chi connectivity index (χ0) is 23.0. The van der Waals surface area contributed by atoms with E-state index in [4.69, 9.17) is 0 Å². The maximum absolute atomic E-state index is 13.7. The number of carbonyl (C=O) groups is 2. The Labute approximate surface area is 196 Å². The molecular formula is C25H27FN4O2S. The van der Waals surface area contributed by atoms with Crippen LogP contribution in [-0.4, -0.2) is 38.1 Å². The second kappa shape index (κ2) is 8.74. The standard InChI is InChI=1S/C25H27FN4O2S/c1-25(24(32)27-19-6-3-2-4-7-19)16-30-21(14-20(28-30)22-8-5-13-33-22)23(31)29(25)15-17-9-11-18(26)12-10-17/h5,8-14,19H,2-4,6-7,15-16H2,1H3,(H,27,32). The SMILES string of the molecule is CC1(C(=O)NC2CCCCC2)Cn2nc(-c3cccs3)cc2C(=O)N1Cc1ccc(F)cc1. The second-order valence-electron chi connectivity index (χ2n) is 9.15. The van der Waals surface area contributed by atoms with Crippen LogP contribution in [0.25, 0.3) is 10.6 Å². The van der Waals surface area contributed by atoms with Crippen molar-refractivity contribution < 1.29 is 14.0 Å². The monoisotopic (exact) mass is 466 g/mol. The maximum Gasteiger partial charge on any atom is 0.273 e. The van der Waals surface area contributed by atoms with E-state index < -0.39 is 5.54 Å². The molecule has 0 bridgehead atoms. The number of nitrogens with zero attached hydrogens (tertiary/aromatic N) is 3. The van der Waals surface area contributed by atoms with Gasteiger partial charge >= 0.3 is 0 Å². The zero-order valence-corrected chi connectivity index (χ0v) is 19.4. The van der Waals surface area contributed by atoms with Gasteiger partial charge in [0.2, 0.25) is 5.91 Å². The highest BCUT2D eigenvalue weighted by Gasteiger charge is 2.48. The molecule has 1 N–H and O–H groups in total. The molecule has 2 aromatic heterocycles. The summed E-state index contributed by atoms with van der Waals surface area (Å²) in [5.41, 5.74) is 0.845. The predicted octanol–water partition coefficient (Wildman–Crippen LogP) is 4.61. The van der Waals surface area contributed by atoms with Crippen molar-refractivity contribution in [2.24, 2.45) is 0 Å². The fourth-order valence-corrected chi connectivity index (χ4v) is 5.48. The topological polar surface area (TPSA) is 67.2 Å². The molecular weight excluding hydrogens is 439 g/mol. The number of aromatic nitrogens is 2. The van der Waals surface area contributed by atoms with Gasteiger partial charge in [-0.1, -0.05) is 37.5 Å². The molecule has 6 nitrogen and oxygen atoms in total. The average molecular weight is 467 g/mol. The van der Waals surface area contributed by atoms with Crippen LogP contribution in [0, 0.1) is 5.82 Å². The van der Waals surface area contributed by atoms with E-state index in [0.29, 0.717) is 5.69 Å². The molecule has 1 atom stereocenters. The number of benzene rings is 1. The van der Waals surface area contributed by atoms with Crippen molar-refractivity contribution in [3.05, 3.63) is 64.9 Å². The number of nitrogens with one attached hydrogen (secondary N) is 1. The molecule has 8 heteroatoms. The number of carbonyl (C=O) groups excluding carboxylic acids is 2. The van der Waals surface area contributed by atoms with E-state index in [1.165, 1.54) is 18.6 Å². The van der Waals surface area contributed by atoms with E-state index >= 15 is 0 Å². The molecule has 0 saturated heterocycles. The molecule has 1 aromatic carbocycles. The molecule has 2 amide bonds. The van der Waals surface area contributed by atoms with Gasteiger partial charge in [0.15, 0.2) is 0 Å². The Morgan fingerprint density at radius 2 is 1.97 bits per heavy atom. The number of amides is 2. The Bertz CT molecular complexity index is 1150. The highest BCUT2D eigenvalue weighted by Crippen LogP contribution is 2.33. The molecule has 1 unspecified atom stereocenters. The van der Waals surface area contributed by atoms with Crippen LogP contribution in [-0.2, 0) is 17.9 Å². The quantitative estimate of drug-likeness (QED) is 0.597. The highest BCUT2D eigenvalue weighted by atomic mass is 32.1. The molecule has 1 aliphatic heterocycles. The summed E-state index contributed by atoms with van der Waals surface area (Å²) in [6.07, 6.45) is 5.33. The number of hydrogen-bond donors (Lipinski definition) is 1. The number of fused-ring (bicyclic) bond motifs is 1. The summed E-state index contributed by atoms with van der Waals surface area (Å²) in [7, 11) is 0. The summed E-state index contributed by atoms with van der Waals surface area (Å²) in [5.74, 6) is -0.744. The van der Waals surface area contributed by atoms with Gasteiger partial charge in [-0.2, -0.15) is 5.10 Å². The summed E-state index contributed by atoms with van der Waals surface area (Å²) >= 11 is 1.56. The lowest BCUT2D eigenvalue weighted by Gasteiger charge is -2.44. The lowest BCUT2D eigenvalue weighted by molar-refractivity contribution is -0.134. The summed E-state index contributed by atoms with van der Waals surface area (Å²) < 4.78 is 15.1. The van der Waals surface area contributed by atoms with Gasteiger partial charge in [-0.25, -0.2) is 4.39 Å². The van der Waals surface area contributed by atoms with Gasteiger partial charge in [-0.3, -0.25) is 14.3 Å². The first-order chi connectivity index (χ1) is 15.9. The molecule has 5 rings (SSSR count). The first-order valence-corrected chi connectivity index (χ1v) is 12.3. The average Bonchev–Trinajstić information content (AvgIpc) is 3.48. The van der Waals surface area contributed by atoms with Gasteiger partial charge in [0, 0.05) is 12.6 Å². The van der Waals surface area contributed by atoms with Crippen LogP contribution >= 0.6 is 11.3 Å². The van der Waals surface area contributed by atoms with Crippen molar-refractivity contribution in [1.82, 2.24) is 20.0 Å². The third-order valence-electron chi connectivity index (χ3n) is 6.75. The molecule has 33 heavy (non-hydrogen) atoms. The van der Waals surface area contributed by atoms with Crippen molar-refractivity contribution in [3.63, 3.8) is 0 Å². The van der Waals surface area contributed by atoms with Gasteiger partial charge in [0.05, 0.1) is 11.4 Å².